The molecule has 12 aromatic carbocycles. The van der Waals surface area contributed by atoms with Crippen LogP contribution >= 0.6 is 0 Å². The average Bonchev–Trinajstić information content (AvgIpc) is 1.53. The van der Waals surface area contributed by atoms with Gasteiger partial charge in [-0.25, -0.2) is 9.97 Å². The van der Waals surface area contributed by atoms with Gasteiger partial charge in [0.15, 0.2) is 19.7 Å². The lowest BCUT2D eigenvalue weighted by molar-refractivity contribution is 0.893. The molecular weight excluding hydrogens is 1100 g/mol. The van der Waals surface area contributed by atoms with Gasteiger partial charge in [-0.3, -0.25) is 18.3 Å². The number of nitrogens with zero attached hydrogens (tertiary/aromatic N) is 9. The quantitative estimate of drug-likeness (QED) is 0.101. The summed E-state index contributed by atoms with van der Waals surface area (Å²) in [4.78, 5) is 27.4. The second-order valence-corrected chi connectivity index (χ2v) is 26.6. The molecule has 6 heterocycles. The molecule has 9 nitrogen and oxygen atoms in total. The Hall–Kier alpha value is -11.9. The topological polar surface area (TPSA) is 84.2 Å². The van der Waals surface area contributed by atoms with E-state index in [1.807, 2.05) is 0 Å². The third-order valence-electron chi connectivity index (χ3n) is 18.1. The predicted octanol–water partition coefficient (Wildman–Crippen LogP) is 15.8. The van der Waals surface area contributed by atoms with Crippen molar-refractivity contribution in [1.82, 2.24) is 43.2 Å². The van der Waals surface area contributed by atoms with Crippen molar-refractivity contribution < 1.29 is 0 Å². The number of para-hydroxylation sites is 8. The van der Waals surface area contributed by atoms with Gasteiger partial charge in [0, 0.05) is 60.3 Å². The van der Waals surface area contributed by atoms with Gasteiger partial charge in [-0.1, -0.05) is 255 Å². The minimum Gasteiger partial charge on any atom is -0.294 e. The van der Waals surface area contributed by atoms with Crippen LogP contribution in [-0.2, 0) is 0 Å². The van der Waals surface area contributed by atoms with Gasteiger partial charge in [0.2, 0.25) is 11.9 Å². The van der Waals surface area contributed by atoms with E-state index in [1.54, 1.807) is 0 Å². The molecule has 0 radical (unpaired) electrons. The fourth-order valence-electron chi connectivity index (χ4n) is 14.2. The lowest BCUT2D eigenvalue weighted by Gasteiger charge is -2.34. The largest absolute Gasteiger partial charge is 0.294 e. The fourth-order valence-corrected chi connectivity index (χ4v) is 18.9. The smallest absolute Gasteiger partial charge is 0.240 e. The SMILES string of the molecule is c1ccc([Si](c2ccccc2)(c2ccc(-c3nc(-n4c5ccccc5c5ccccc54)cc(-n4c5ccccc5c5ccccc54)n3)cc2)c2ccc(-c3nc(-n4c5ccccc5c5ccccc54)nc(-n4c5ccccc5c5ccccc54)n3)cc2)cc1. The summed E-state index contributed by atoms with van der Waals surface area (Å²) in [6.45, 7) is 0. The van der Waals surface area contributed by atoms with Crippen molar-refractivity contribution >= 4 is 116 Å². The molecule has 10 heteroatoms. The van der Waals surface area contributed by atoms with E-state index in [2.05, 4.69) is 328 Å². The molecule has 0 saturated carbocycles. The first-order chi connectivity index (χ1) is 44.2. The van der Waals surface area contributed by atoms with Crippen molar-refractivity contribution in [2.45, 2.75) is 0 Å². The Morgan fingerprint density at radius 3 is 0.730 bits per heavy atom. The minimum atomic E-state index is -3.12. The predicted molar refractivity (Wildman–Crippen MR) is 367 cm³/mol. The molecule has 0 fully saturated rings. The minimum absolute atomic E-state index is 0.539. The van der Waals surface area contributed by atoms with E-state index in [0.29, 0.717) is 23.5 Å². The lowest BCUT2D eigenvalue weighted by Crippen LogP contribution is -2.74. The Labute approximate surface area is 512 Å². The highest BCUT2D eigenvalue weighted by atomic mass is 28.3. The van der Waals surface area contributed by atoms with Gasteiger partial charge in [0.25, 0.3) is 0 Å². The Kier molecular flexibility index (Phi) is 11.4. The molecule has 0 spiro atoms. The van der Waals surface area contributed by atoms with Gasteiger partial charge in [-0.05, 0) is 69.3 Å². The summed E-state index contributed by atoms with van der Waals surface area (Å²) >= 11 is 0. The van der Waals surface area contributed by atoms with E-state index < -0.39 is 8.07 Å². The molecule has 89 heavy (non-hydrogen) atoms. The molecule has 18 rings (SSSR count). The summed E-state index contributed by atoms with van der Waals surface area (Å²) in [5, 5.41) is 14.2. The van der Waals surface area contributed by atoms with Crippen LogP contribution in [0.25, 0.3) is 134 Å². The lowest BCUT2D eigenvalue weighted by atomic mass is 10.2. The zero-order valence-corrected chi connectivity index (χ0v) is 49.0. The fraction of sp³-hybridized carbons (Fsp3) is 0. The number of hydrogen-bond donors (Lipinski definition) is 0. The monoisotopic (exact) mass is 1150 g/mol. The molecule has 0 bridgehead atoms. The summed E-state index contributed by atoms with van der Waals surface area (Å²) in [5.74, 6) is 3.85. The third kappa shape index (κ3) is 7.77. The van der Waals surface area contributed by atoms with Gasteiger partial charge < -0.3 is 0 Å². The number of rotatable bonds is 10. The maximum absolute atomic E-state index is 5.56. The molecule has 0 aliphatic rings. The van der Waals surface area contributed by atoms with E-state index in [9.17, 15) is 0 Å². The van der Waals surface area contributed by atoms with E-state index in [4.69, 9.17) is 24.9 Å². The summed E-state index contributed by atoms with van der Waals surface area (Å²) in [6.07, 6.45) is 0. The molecule has 0 unspecified atom stereocenters. The van der Waals surface area contributed by atoms with Gasteiger partial charge in [-0.2, -0.15) is 15.0 Å². The van der Waals surface area contributed by atoms with Crippen molar-refractivity contribution in [3.63, 3.8) is 0 Å². The summed E-state index contributed by atoms with van der Waals surface area (Å²) in [6, 6.07) is 111. The third-order valence-corrected chi connectivity index (χ3v) is 22.9. The second kappa shape index (κ2) is 20.1. The van der Waals surface area contributed by atoms with Crippen LogP contribution in [-0.4, -0.2) is 51.3 Å². The standard InChI is InChI=1S/C79H51N9Si/c1-3-23-54(24-4-1)89(55-25-5-2-6-26-55,56-47-43-52(44-48-56)76-80-74(85-66-35-15-7-27-58(66)59-28-8-16-36-67(59)85)51-75(81-76)86-68-37-17-9-29-60(68)61-30-10-18-38-69(61)86)57-49-45-53(46-50-57)77-82-78(87-70-39-19-11-31-62(70)63-32-12-20-40-71(63)87)84-79(83-77)88-72-41-21-13-33-64(72)65-34-14-22-42-73(65)88/h1-51H. The normalized spacial score (nSPS) is 12.0. The average molecular weight is 1150 g/mol. The van der Waals surface area contributed by atoms with Crippen LogP contribution in [0.15, 0.2) is 309 Å². The highest BCUT2D eigenvalue weighted by Gasteiger charge is 2.41. The number of aromatic nitrogens is 9. The van der Waals surface area contributed by atoms with Gasteiger partial charge in [0.05, 0.1) is 44.1 Å². The van der Waals surface area contributed by atoms with Crippen LogP contribution in [0.1, 0.15) is 0 Å². The summed E-state index contributed by atoms with van der Waals surface area (Å²) in [5.41, 5.74) is 10.2. The Bertz CT molecular complexity index is 4970. The molecule has 0 N–H and O–H groups in total. The first-order valence-corrected chi connectivity index (χ1v) is 32.1. The molecule has 18 aromatic rings. The van der Waals surface area contributed by atoms with Crippen molar-refractivity contribution in [2.24, 2.45) is 0 Å². The van der Waals surface area contributed by atoms with Crippen molar-refractivity contribution in [2.75, 3.05) is 0 Å². The first kappa shape index (κ1) is 50.5. The molecular formula is C79H51N9Si. The van der Waals surface area contributed by atoms with Crippen LogP contribution in [0.2, 0.25) is 0 Å². The number of fused-ring (bicyclic) bond motifs is 12. The molecule has 0 aliphatic heterocycles. The first-order valence-electron chi connectivity index (χ1n) is 30.1. The van der Waals surface area contributed by atoms with Crippen LogP contribution in [0.3, 0.4) is 0 Å². The molecule has 0 saturated heterocycles. The van der Waals surface area contributed by atoms with Crippen LogP contribution < -0.4 is 20.7 Å². The maximum Gasteiger partial charge on any atom is 0.240 e. The maximum atomic E-state index is 5.56. The van der Waals surface area contributed by atoms with Crippen LogP contribution in [0.4, 0.5) is 0 Å². The number of benzene rings is 12. The van der Waals surface area contributed by atoms with Gasteiger partial charge in [0.1, 0.15) is 11.6 Å². The summed E-state index contributed by atoms with van der Waals surface area (Å²) < 4.78 is 8.96. The molecule has 416 valence electrons. The van der Waals surface area contributed by atoms with Crippen LogP contribution in [0.5, 0.6) is 0 Å². The Balaban J connectivity index is 0.825. The second-order valence-electron chi connectivity index (χ2n) is 22.8. The van der Waals surface area contributed by atoms with Gasteiger partial charge >= 0.3 is 0 Å². The van der Waals surface area contributed by atoms with Gasteiger partial charge in [-0.15, -0.1) is 0 Å². The van der Waals surface area contributed by atoms with Crippen molar-refractivity contribution in [1.29, 1.82) is 0 Å². The number of hydrogen-bond acceptors (Lipinski definition) is 5. The molecule has 6 aromatic heterocycles. The highest BCUT2D eigenvalue weighted by Crippen LogP contribution is 2.38. The van der Waals surface area contributed by atoms with E-state index in [1.165, 1.54) is 42.3 Å². The van der Waals surface area contributed by atoms with E-state index in [-0.39, 0.29) is 0 Å². The van der Waals surface area contributed by atoms with E-state index in [0.717, 1.165) is 88.4 Å². The van der Waals surface area contributed by atoms with E-state index >= 15 is 0 Å². The van der Waals surface area contributed by atoms with Crippen LogP contribution in [0, 0.1) is 0 Å². The Morgan fingerprint density at radius 1 is 0.202 bits per heavy atom. The molecule has 0 aliphatic carbocycles. The molecule has 0 amide bonds. The Morgan fingerprint density at radius 2 is 0.438 bits per heavy atom. The van der Waals surface area contributed by atoms with Crippen molar-refractivity contribution in [3.8, 4) is 46.3 Å². The summed E-state index contributed by atoms with van der Waals surface area (Å²) in [7, 11) is -3.12. The molecule has 0 atom stereocenters. The zero-order chi connectivity index (χ0) is 58.6. The zero-order valence-electron chi connectivity index (χ0n) is 48.0. The highest BCUT2D eigenvalue weighted by molar-refractivity contribution is 7.19. The van der Waals surface area contributed by atoms with Crippen molar-refractivity contribution in [3.05, 3.63) is 309 Å².